The molecule has 41 heavy (non-hydrogen) atoms. The van der Waals surface area contributed by atoms with Gasteiger partial charge in [0.2, 0.25) is 0 Å². The van der Waals surface area contributed by atoms with E-state index in [1.165, 1.54) is 19.2 Å². The standard InChI is InChI=1S/C24H27N5O4S.C2HF3O2/c1-33-20-5-2-6-21(15-20)34(31,32)28-22-14-19(7-8-23(22)29-12-10-25-11-13-29)24(30)27-17-18-4-3-9-26-16-18;3-2(4,5)1(6)7/h2-9,14-16,25,28H,10-13,17H2,1H3,(H,27,30);(H,6,7). The summed E-state index contributed by atoms with van der Waals surface area (Å²) in [6.07, 6.45) is -1.73. The Labute approximate surface area is 234 Å². The van der Waals surface area contributed by atoms with E-state index in [0.29, 0.717) is 23.5 Å². The molecule has 3 aromatic rings. The Morgan fingerprint density at radius 3 is 2.41 bits per heavy atom. The molecule has 0 saturated carbocycles. The number of aliphatic carboxylic acids is 1. The first-order valence-electron chi connectivity index (χ1n) is 12.1. The zero-order valence-electron chi connectivity index (χ0n) is 21.8. The molecular formula is C26H28F3N5O6S. The van der Waals surface area contributed by atoms with Crippen molar-refractivity contribution in [3.05, 3.63) is 78.1 Å². The van der Waals surface area contributed by atoms with Crippen molar-refractivity contribution in [3.8, 4) is 5.75 Å². The number of carbonyl (C=O) groups excluding carboxylic acids is 1. The van der Waals surface area contributed by atoms with Crippen LogP contribution in [0.15, 0.2) is 71.9 Å². The van der Waals surface area contributed by atoms with Gasteiger partial charge >= 0.3 is 12.1 Å². The number of pyridine rings is 1. The van der Waals surface area contributed by atoms with Crippen LogP contribution < -0.4 is 25.0 Å². The van der Waals surface area contributed by atoms with E-state index in [4.69, 9.17) is 14.6 Å². The number of sulfonamides is 1. The normalized spacial score (nSPS) is 13.4. The first-order valence-corrected chi connectivity index (χ1v) is 13.6. The Morgan fingerprint density at radius 2 is 1.80 bits per heavy atom. The molecule has 1 amide bonds. The van der Waals surface area contributed by atoms with Crippen LogP contribution in [0, 0.1) is 0 Å². The lowest BCUT2D eigenvalue weighted by Gasteiger charge is -2.31. The van der Waals surface area contributed by atoms with Gasteiger partial charge in [-0.15, -0.1) is 0 Å². The van der Waals surface area contributed by atoms with Crippen LogP contribution in [0.25, 0.3) is 0 Å². The SMILES string of the molecule is COc1cccc(S(=O)(=O)Nc2cc(C(=O)NCc3cccnc3)ccc2N2CCNCC2)c1.O=C(O)C(F)(F)F. The molecule has 0 unspecified atom stereocenters. The van der Waals surface area contributed by atoms with Crippen LogP contribution in [0.3, 0.4) is 0 Å². The molecule has 15 heteroatoms. The van der Waals surface area contributed by atoms with Crippen molar-refractivity contribution in [1.29, 1.82) is 0 Å². The second-order valence-electron chi connectivity index (χ2n) is 8.60. The molecule has 4 N–H and O–H groups in total. The number of methoxy groups -OCH3 is 1. The zero-order valence-corrected chi connectivity index (χ0v) is 22.6. The van der Waals surface area contributed by atoms with E-state index in [-0.39, 0.29) is 10.8 Å². The maximum absolute atomic E-state index is 13.2. The van der Waals surface area contributed by atoms with Gasteiger partial charge in [0, 0.05) is 56.7 Å². The summed E-state index contributed by atoms with van der Waals surface area (Å²) in [7, 11) is -2.44. The summed E-state index contributed by atoms with van der Waals surface area (Å²) in [4.78, 5) is 27.9. The maximum Gasteiger partial charge on any atom is 0.490 e. The first-order chi connectivity index (χ1) is 19.4. The molecule has 0 aliphatic carbocycles. The highest BCUT2D eigenvalue weighted by Gasteiger charge is 2.38. The quantitative estimate of drug-likeness (QED) is 0.308. The molecule has 1 fully saturated rings. The van der Waals surface area contributed by atoms with Crippen LogP contribution in [0.2, 0.25) is 0 Å². The maximum atomic E-state index is 13.2. The lowest BCUT2D eigenvalue weighted by Crippen LogP contribution is -2.43. The number of ether oxygens (including phenoxy) is 1. The van der Waals surface area contributed by atoms with Gasteiger partial charge in [-0.1, -0.05) is 12.1 Å². The molecule has 1 saturated heterocycles. The smallest absolute Gasteiger partial charge is 0.490 e. The molecule has 220 valence electrons. The fourth-order valence-corrected chi connectivity index (χ4v) is 4.80. The van der Waals surface area contributed by atoms with Crippen molar-refractivity contribution < 1.29 is 41.0 Å². The molecule has 1 aliphatic heterocycles. The average Bonchev–Trinajstić information content (AvgIpc) is 2.96. The minimum absolute atomic E-state index is 0.0737. The first kappa shape index (κ1) is 31.2. The number of piperazine rings is 1. The zero-order chi connectivity index (χ0) is 30.0. The fraction of sp³-hybridized carbons (Fsp3) is 0.269. The van der Waals surface area contributed by atoms with Crippen LogP contribution in [0.4, 0.5) is 24.5 Å². The van der Waals surface area contributed by atoms with Gasteiger partial charge in [0.1, 0.15) is 5.75 Å². The summed E-state index contributed by atoms with van der Waals surface area (Å²) in [5, 5.41) is 13.3. The largest absolute Gasteiger partial charge is 0.497 e. The highest BCUT2D eigenvalue weighted by atomic mass is 32.2. The molecule has 0 radical (unpaired) electrons. The summed E-state index contributed by atoms with van der Waals surface area (Å²) >= 11 is 0. The third-order valence-electron chi connectivity index (χ3n) is 5.73. The van der Waals surface area contributed by atoms with Gasteiger partial charge in [-0.3, -0.25) is 14.5 Å². The van der Waals surface area contributed by atoms with Crippen molar-refractivity contribution >= 4 is 33.3 Å². The lowest BCUT2D eigenvalue weighted by molar-refractivity contribution is -0.192. The Hall–Kier alpha value is -4.37. The number of hydrogen-bond donors (Lipinski definition) is 4. The highest BCUT2D eigenvalue weighted by molar-refractivity contribution is 7.92. The number of aromatic nitrogens is 1. The van der Waals surface area contributed by atoms with Crippen LogP contribution in [-0.4, -0.2) is 69.8 Å². The van der Waals surface area contributed by atoms with Crippen molar-refractivity contribution in [1.82, 2.24) is 15.6 Å². The number of nitrogens with zero attached hydrogens (tertiary/aromatic N) is 2. The van der Waals surface area contributed by atoms with Gasteiger partial charge < -0.3 is 25.4 Å². The summed E-state index contributed by atoms with van der Waals surface area (Å²) in [5.74, 6) is -2.63. The summed E-state index contributed by atoms with van der Waals surface area (Å²) in [6, 6.07) is 15.0. The second kappa shape index (κ2) is 13.8. The fourth-order valence-electron chi connectivity index (χ4n) is 3.70. The van der Waals surface area contributed by atoms with Crippen molar-refractivity contribution in [2.75, 3.05) is 42.9 Å². The van der Waals surface area contributed by atoms with E-state index in [0.717, 1.165) is 37.4 Å². The van der Waals surface area contributed by atoms with Crippen LogP contribution in [0.1, 0.15) is 15.9 Å². The molecule has 11 nitrogen and oxygen atoms in total. The third kappa shape index (κ3) is 9.08. The molecule has 2 heterocycles. The summed E-state index contributed by atoms with van der Waals surface area (Å²) in [5.41, 5.74) is 2.29. The number of nitrogens with one attached hydrogen (secondary N) is 3. The van der Waals surface area contributed by atoms with Gasteiger partial charge in [-0.25, -0.2) is 13.2 Å². The summed E-state index contributed by atoms with van der Waals surface area (Å²) in [6.45, 7) is 3.34. The Bertz CT molecular complexity index is 1450. The van der Waals surface area contributed by atoms with E-state index in [1.807, 2.05) is 6.07 Å². The summed E-state index contributed by atoms with van der Waals surface area (Å²) < 4.78 is 66.0. The Balaban J connectivity index is 0.000000587. The van der Waals surface area contributed by atoms with Gasteiger partial charge in [0.25, 0.3) is 15.9 Å². The predicted molar refractivity (Wildman–Crippen MR) is 144 cm³/mol. The van der Waals surface area contributed by atoms with E-state index in [1.54, 1.807) is 48.8 Å². The molecule has 1 aliphatic rings. The van der Waals surface area contributed by atoms with E-state index < -0.39 is 22.2 Å². The van der Waals surface area contributed by atoms with Crippen molar-refractivity contribution in [3.63, 3.8) is 0 Å². The molecule has 2 aromatic carbocycles. The van der Waals surface area contributed by atoms with Gasteiger partial charge in [0.15, 0.2) is 0 Å². The number of anilines is 2. The van der Waals surface area contributed by atoms with Crippen molar-refractivity contribution in [2.24, 2.45) is 0 Å². The number of carboxylic acid groups (broad SMARTS) is 1. The van der Waals surface area contributed by atoms with E-state index in [2.05, 4.69) is 25.2 Å². The van der Waals surface area contributed by atoms with E-state index in [9.17, 15) is 26.4 Å². The van der Waals surface area contributed by atoms with Gasteiger partial charge in [0.05, 0.1) is 23.4 Å². The van der Waals surface area contributed by atoms with Crippen LogP contribution in [0.5, 0.6) is 5.75 Å². The second-order valence-corrected chi connectivity index (χ2v) is 10.3. The van der Waals surface area contributed by atoms with Gasteiger partial charge in [-0.05, 0) is 42.0 Å². The van der Waals surface area contributed by atoms with Crippen molar-refractivity contribution in [2.45, 2.75) is 17.6 Å². The predicted octanol–water partition coefficient (Wildman–Crippen LogP) is 2.86. The number of rotatable bonds is 8. The third-order valence-corrected chi connectivity index (χ3v) is 7.09. The Kier molecular flexibility index (Phi) is 10.5. The number of benzene rings is 2. The van der Waals surface area contributed by atoms with E-state index >= 15 is 0 Å². The molecule has 0 bridgehead atoms. The topological polar surface area (TPSA) is 150 Å². The lowest BCUT2D eigenvalue weighted by atomic mass is 10.1. The molecule has 4 rings (SSSR count). The number of carbonyl (C=O) groups is 2. The average molecular weight is 596 g/mol. The number of alkyl halides is 3. The minimum Gasteiger partial charge on any atom is -0.497 e. The number of amides is 1. The highest BCUT2D eigenvalue weighted by Crippen LogP contribution is 2.30. The minimum atomic E-state index is -5.08. The number of carboxylic acids is 1. The Morgan fingerprint density at radius 1 is 1.10 bits per heavy atom. The molecule has 0 atom stereocenters. The van der Waals surface area contributed by atoms with Crippen LogP contribution in [-0.2, 0) is 21.4 Å². The van der Waals surface area contributed by atoms with Gasteiger partial charge in [-0.2, -0.15) is 13.2 Å². The van der Waals surface area contributed by atoms with Crippen LogP contribution >= 0.6 is 0 Å². The molecule has 1 aromatic heterocycles. The number of halogens is 3. The molecule has 0 spiro atoms. The number of hydrogen-bond acceptors (Lipinski definition) is 8. The molecular weight excluding hydrogens is 567 g/mol. The monoisotopic (exact) mass is 595 g/mol.